The number of nitro groups is 1. The summed E-state index contributed by atoms with van der Waals surface area (Å²) >= 11 is 0. The Hall–Kier alpha value is -2.94. The molecular weight excluding hydrogens is 276 g/mol. The molecule has 1 aromatic rings. The van der Waals surface area contributed by atoms with Crippen LogP contribution in [0.3, 0.4) is 0 Å². The van der Waals surface area contributed by atoms with E-state index in [-0.39, 0.29) is 49.9 Å². The zero-order valence-corrected chi connectivity index (χ0v) is 11.5. The number of ether oxygens (including phenoxy) is 1. The third-order valence-electron chi connectivity index (χ3n) is 2.52. The monoisotopic (exact) mass is 290 g/mol. The van der Waals surface area contributed by atoms with E-state index in [0.29, 0.717) is 0 Å². The molecule has 0 radical (unpaired) electrons. The topological polar surface area (TPSA) is 129 Å². The van der Waals surface area contributed by atoms with Crippen molar-refractivity contribution in [2.24, 2.45) is 0 Å². The van der Waals surface area contributed by atoms with Gasteiger partial charge in [0.15, 0.2) is 0 Å². The van der Waals surface area contributed by atoms with Crippen molar-refractivity contribution in [2.75, 3.05) is 24.6 Å². The molecule has 0 fully saturated rings. The molecule has 0 aliphatic heterocycles. The summed E-state index contributed by atoms with van der Waals surface area (Å²) in [4.78, 5) is 19.8. The Balaban J connectivity index is 3.22. The average molecular weight is 290 g/mol. The van der Waals surface area contributed by atoms with Crippen LogP contribution < -0.4 is 9.64 Å². The van der Waals surface area contributed by atoms with E-state index in [1.807, 2.05) is 12.1 Å². The second kappa shape index (κ2) is 8.27. The molecule has 110 valence electrons. The summed E-state index contributed by atoms with van der Waals surface area (Å²) in [5.41, 5.74) is -0.352. The van der Waals surface area contributed by atoms with Gasteiger partial charge >= 0.3 is 5.69 Å². The molecule has 0 amide bonds. The molecule has 0 unspecified atom stereocenters. The fourth-order valence-corrected chi connectivity index (χ4v) is 1.68. The maximum Gasteiger partial charge on any atom is 0.372 e. The van der Waals surface area contributed by atoms with Crippen molar-refractivity contribution in [1.29, 1.82) is 10.5 Å². The second-order valence-corrected chi connectivity index (χ2v) is 3.84. The lowest BCUT2D eigenvalue weighted by molar-refractivity contribution is -0.385. The lowest BCUT2D eigenvalue weighted by Crippen LogP contribution is -2.27. The molecule has 0 aliphatic carbocycles. The standard InChI is InChI=1S/C12H14N6O3/c1-2-21-12-10(18(19)20)11(15-9-16-12)17(7-3-5-13)8-4-6-14/h9H,2-4,7-8H2,1H3. The van der Waals surface area contributed by atoms with Gasteiger partial charge in [-0.25, -0.2) is 4.98 Å². The van der Waals surface area contributed by atoms with E-state index in [0.717, 1.165) is 0 Å². The highest BCUT2D eigenvalue weighted by Gasteiger charge is 2.27. The molecule has 9 nitrogen and oxygen atoms in total. The van der Waals surface area contributed by atoms with Gasteiger partial charge in [-0.05, 0) is 6.92 Å². The molecule has 0 saturated heterocycles. The molecule has 1 rings (SSSR count). The number of hydrogen-bond acceptors (Lipinski definition) is 8. The highest BCUT2D eigenvalue weighted by atomic mass is 16.6. The van der Waals surface area contributed by atoms with Crippen molar-refractivity contribution in [3.05, 3.63) is 16.4 Å². The van der Waals surface area contributed by atoms with Gasteiger partial charge in [-0.2, -0.15) is 15.5 Å². The predicted molar refractivity (Wildman–Crippen MR) is 72.5 cm³/mol. The van der Waals surface area contributed by atoms with Crippen molar-refractivity contribution in [2.45, 2.75) is 19.8 Å². The lowest BCUT2D eigenvalue weighted by Gasteiger charge is -2.21. The van der Waals surface area contributed by atoms with Crippen molar-refractivity contribution in [3.63, 3.8) is 0 Å². The van der Waals surface area contributed by atoms with E-state index in [9.17, 15) is 10.1 Å². The van der Waals surface area contributed by atoms with Crippen LogP contribution in [-0.2, 0) is 0 Å². The van der Waals surface area contributed by atoms with Gasteiger partial charge in [-0.15, -0.1) is 0 Å². The van der Waals surface area contributed by atoms with Crippen LogP contribution in [0.5, 0.6) is 5.88 Å². The molecule has 0 spiro atoms. The molecule has 0 N–H and O–H groups in total. The molecule has 1 aromatic heterocycles. The van der Waals surface area contributed by atoms with Gasteiger partial charge in [0.25, 0.3) is 5.88 Å². The first-order chi connectivity index (χ1) is 10.2. The summed E-state index contributed by atoms with van der Waals surface area (Å²) in [6.07, 6.45) is 1.49. The van der Waals surface area contributed by atoms with Crippen LogP contribution in [0.2, 0.25) is 0 Å². The van der Waals surface area contributed by atoms with Crippen molar-refractivity contribution in [1.82, 2.24) is 9.97 Å². The van der Waals surface area contributed by atoms with Gasteiger partial charge in [0, 0.05) is 13.1 Å². The fraction of sp³-hybridized carbons (Fsp3) is 0.500. The molecule has 0 atom stereocenters. The summed E-state index contributed by atoms with van der Waals surface area (Å²) in [5.74, 6) is -0.0598. The van der Waals surface area contributed by atoms with Crippen LogP contribution in [0.15, 0.2) is 6.33 Å². The van der Waals surface area contributed by atoms with Gasteiger partial charge < -0.3 is 9.64 Å². The van der Waals surface area contributed by atoms with E-state index < -0.39 is 4.92 Å². The summed E-state index contributed by atoms with van der Waals surface area (Å²) in [6.45, 7) is 2.39. The maximum atomic E-state index is 11.3. The number of nitrogens with zero attached hydrogens (tertiary/aromatic N) is 6. The zero-order valence-electron chi connectivity index (χ0n) is 11.5. The largest absolute Gasteiger partial charge is 0.473 e. The van der Waals surface area contributed by atoms with Gasteiger partial charge in [0.05, 0.1) is 36.5 Å². The normalized spacial score (nSPS) is 9.48. The highest BCUT2D eigenvalue weighted by Crippen LogP contribution is 2.33. The van der Waals surface area contributed by atoms with E-state index in [2.05, 4.69) is 9.97 Å². The van der Waals surface area contributed by atoms with Crippen LogP contribution in [0, 0.1) is 32.8 Å². The van der Waals surface area contributed by atoms with E-state index in [1.165, 1.54) is 11.2 Å². The molecule has 0 saturated carbocycles. The van der Waals surface area contributed by atoms with Crippen LogP contribution in [0.25, 0.3) is 0 Å². The molecular formula is C12H14N6O3. The number of nitriles is 2. The number of anilines is 1. The Morgan fingerprint density at radius 2 is 1.95 bits per heavy atom. The number of hydrogen-bond donors (Lipinski definition) is 0. The zero-order chi connectivity index (χ0) is 15.7. The SMILES string of the molecule is CCOc1ncnc(N(CCC#N)CCC#N)c1[N+](=O)[O-]. The molecule has 0 aliphatic rings. The minimum atomic E-state index is -0.619. The molecule has 0 bridgehead atoms. The average Bonchev–Trinajstić information content (AvgIpc) is 2.47. The summed E-state index contributed by atoms with van der Waals surface area (Å²) < 4.78 is 5.15. The Kier molecular flexibility index (Phi) is 6.35. The van der Waals surface area contributed by atoms with E-state index in [1.54, 1.807) is 6.92 Å². The second-order valence-electron chi connectivity index (χ2n) is 3.84. The van der Waals surface area contributed by atoms with Gasteiger partial charge in [-0.1, -0.05) is 0 Å². The Bertz CT molecular complexity index is 559. The van der Waals surface area contributed by atoms with E-state index in [4.69, 9.17) is 15.3 Å². The highest BCUT2D eigenvalue weighted by molar-refractivity contribution is 5.62. The van der Waals surface area contributed by atoms with Crippen molar-refractivity contribution in [3.8, 4) is 18.0 Å². The first kappa shape index (κ1) is 16.1. The number of rotatable bonds is 8. The third kappa shape index (κ3) is 4.28. The van der Waals surface area contributed by atoms with Gasteiger partial charge in [0.1, 0.15) is 6.33 Å². The maximum absolute atomic E-state index is 11.3. The van der Waals surface area contributed by atoms with Crippen molar-refractivity contribution < 1.29 is 9.66 Å². The third-order valence-corrected chi connectivity index (χ3v) is 2.52. The molecule has 9 heteroatoms. The summed E-state index contributed by atoms with van der Waals surface area (Å²) in [7, 11) is 0. The first-order valence-corrected chi connectivity index (χ1v) is 6.26. The number of aromatic nitrogens is 2. The first-order valence-electron chi connectivity index (χ1n) is 6.26. The quantitative estimate of drug-likeness (QED) is 0.519. The minimum Gasteiger partial charge on any atom is -0.473 e. The molecule has 1 heterocycles. The fourth-order valence-electron chi connectivity index (χ4n) is 1.68. The Labute approximate surface area is 121 Å². The minimum absolute atomic E-state index is 0.0592. The molecule has 0 aromatic carbocycles. The van der Waals surface area contributed by atoms with Gasteiger partial charge in [0.2, 0.25) is 5.82 Å². The predicted octanol–water partition coefficient (Wildman–Crippen LogP) is 1.42. The smallest absolute Gasteiger partial charge is 0.372 e. The van der Waals surface area contributed by atoms with E-state index >= 15 is 0 Å². The Morgan fingerprint density at radius 1 is 1.33 bits per heavy atom. The van der Waals surface area contributed by atoms with Crippen LogP contribution in [0.4, 0.5) is 11.5 Å². The summed E-state index contributed by atoms with van der Waals surface area (Å²) in [5, 5.41) is 28.6. The van der Waals surface area contributed by atoms with Crippen LogP contribution in [0.1, 0.15) is 19.8 Å². The van der Waals surface area contributed by atoms with Crippen LogP contribution >= 0.6 is 0 Å². The van der Waals surface area contributed by atoms with Crippen molar-refractivity contribution >= 4 is 11.5 Å². The molecule has 21 heavy (non-hydrogen) atoms. The lowest BCUT2D eigenvalue weighted by atomic mass is 10.3. The van der Waals surface area contributed by atoms with Crippen LogP contribution in [-0.4, -0.2) is 34.6 Å². The Morgan fingerprint density at radius 3 is 2.43 bits per heavy atom. The van der Waals surface area contributed by atoms with Gasteiger partial charge in [-0.3, -0.25) is 10.1 Å². The summed E-state index contributed by atoms with van der Waals surface area (Å²) in [6, 6.07) is 3.93.